The van der Waals surface area contributed by atoms with Crippen LogP contribution in [0, 0.1) is 0 Å². The largest absolute Gasteiger partial charge is 0.480 e. The summed E-state index contributed by atoms with van der Waals surface area (Å²) in [5.41, 5.74) is 0.635. The number of hydrogen-bond acceptors (Lipinski definition) is 6. The zero-order valence-corrected chi connectivity index (χ0v) is 10.5. The lowest BCUT2D eigenvalue weighted by Crippen LogP contribution is -2.07. The van der Waals surface area contributed by atoms with E-state index in [2.05, 4.69) is 9.97 Å². The Hall–Kier alpha value is -1.79. The summed E-state index contributed by atoms with van der Waals surface area (Å²) in [6, 6.07) is 1.55. The summed E-state index contributed by atoms with van der Waals surface area (Å²) in [7, 11) is 2.89. The van der Waals surface area contributed by atoms with Crippen LogP contribution in [0.15, 0.2) is 22.9 Å². The molecule has 2 aromatic rings. The predicted molar refractivity (Wildman–Crippen MR) is 62.9 cm³/mol. The molecule has 0 bridgehead atoms. The van der Waals surface area contributed by atoms with Crippen LogP contribution in [0.4, 0.5) is 0 Å². The maximum Gasteiger partial charge on any atom is 0.241 e. The van der Waals surface area contributed by atoms with E-state index in [-0.39, 0.29) is 16.8 Å². The molecule has 1 N–H and O–H groups in total. The highest BCUT2D eigenvalue weighted by Crippen LogP contribution is 2.32. The molecule has 0 saturated heterocycles. The summed E-state index contributed by atoms with van der Waals surface area (Å²) < 4.78 is 14.9. The molecule has 0 aliphatic rings. The standard InChI is InChI=1S/C11H11ClN2O4/c1-16-7-5-13-8(11(14-7)17-2)9(15)6-3-4-18-10(6)12/h3-5,9,15H,1-2H3. The van der Waals surface area contributed by atoms with E-state index >= 15 is 0 Å². The van der Waals surface area contributed by atoms with Crippen molar-refractivity contribution in [2.24, 2.45) is 0 Å². The van der Waals surface area contributed by atoms with Crippen molar-refractivity contribution >= 4 is 11.6 Å². The van der Waals surface area contributed by atoms with Crippen LogP contribution < -0.4 is 9.47 Å². The van der Waals surface area contributed by atoms with Crippen LogP contribution in [0.3, 0.4) is 0 Å². The minimum Gasteiger partial charge on any atom is -0.480 e. The SMILES string of the molecule is COc1cnc(C(O)c2ccoc2Cl)c(OC)n1. The molecule has 0 aromatic carbocycles. The van der Waals surface area contributed by atoms with E-state index < -0.39 is 6.10 Å². The average molecular weight is 271 g/mol. The van der Waals surface area contributed by atoms with E-state index in [9.17, 15) is 5.11 Å². The quantitative estimate of drug-likeness (QED) is 0.913. The minimum absolute atomic E-state index is 0.0992. The zero-order valence-electron chi connectivity index (χ0n) is 9.75. The highest BCUT2D eigenvalue weighted by Gasteiger charge is 2.22. The molecule has 1 atom stereocenters. The van der Waals surface area contributed by atoms with Gasteiger partial charge in [0.15, 0.2) is 5.22 Å². The van der Waals surface area contributed by atoms with Crippen LogP contribution in [0.25, 0.3) is 0 Å². The van der Waals surface area contributed by atoms with E-state index in [1.807, 2.05) is 0 Å². The number of rotatable bonds is 4. The highest BCUT2D eigenvalue weighted by atomic mass is 35.5. The Morgan fingerprint density at radius 2 is 2.17 bits per heavy atom. The first kappa shape index (κ1) is 12.7. The van der Waals surface area contributed by atoms with E-state index in [4.69, 9.17) is 25.5 Å². The molecule has 0 aliphatic heterocycles. The molecule has 0 saturated carbocycles. The lowest BCUT2D eigenvalue weighted by Gasteiger charge is -2.12. The van der Waals surface area contributed by atoms with Crippen molar-refractivity contribution in [2.45, 2.75) is 6.10 Å². The van der Waals surface area contributed by atoms with E-state index in [1.54, 1.807) is 6.07 Å². The maximum absolute atomic E-state index is 10.2. The number of methoxy groups -OCH3 is 2. The highest BCUT2D eigenvalue weighted by molar-refractivity contribution is 6.29. The second kappa shape index (κ2) is 5.24. The molecule has 7 heteroatoms. The molecule has 1 unspecified atom stereocenters. The molecular weight excluding hydrogens is 260 g/mol. The van der Waals surface area contributed by atoms with Crippen molar-refractivity contribution in [3.63, 3.8) is 0 Å². The van der Waals surface area contributed by atoms with Gasteiger partial charge in [-0.25, -0.2) is 4.98 Å². The Bertz CT molecular complexity index is 544. The monoisotopic (exact) mass is 270 g/mol. The number of aliphatic hydroxyl groups is 1. The summed E-state index contributed by atoms with van der Waals surface area (Å²) in [5.74, 6) is 0.459. The maximum atomic E-state index is 10.2. The number of halogens is 1. The molecule has 2 rings (SSSR count). The summed E-state index contributed by atoms with van der Waals surface area (Å²) in [5, 5.41) is 10.3. The minimum atomic E-state index is -1.08. The van der Waals surface area contributed by atoms with Crippen LogP contribution in [-0.2, 0) is 0 Å². The van der Waals surface area contributed by atoms with Gasteiger partial charge in [0.05, 0.1) is 26.7 Å². The van der Waals surface area contributed by atoms with Gasteiger partial charge in [-0.1, -0.05) is 0 Å². The van der Waals surface area contributed by atoms with Gasteiger partial charge in [-0.05, 0) is 17.7 Å². The van der Waals surface area contributed by atoms with Crippen molar-refractivity contribution in [3.8, 4) is 11.8 Å². The van der Waals surface area contributed by atoms with E-state index in [0.717, 1.165) is 0 Å². The molecule has 0 aliphatic carbocycles. The van der Waals surface area contributed by atoms with Gasteiger partial charge in [0, 0.05) is 5.56 Å². The van der Waals surface area contributed by atoms with Gasteiger partial charge >= 0.3 is 0 Å². The predicted octanol–water partition coefficient (Wildman–Crippen LogP) is 1.82. The molecular formula is C11H11ClN2O4. The molecule has 6 nitrogen and oxygen atoms in total. The van der Waals surface area contributed by atoms with Crippen molar-refractivity contribution in [2.75, 3.05) is 14.2 Å². The molecule has 96 valence electrons. The third-order valence-electron chi connectivity index (χ3n) is 2.35. The fourth-order valence-corrected chi connectivity index (χ4v) is 1.67. The summed E-state index contributed by atoms with van der Waals surface area (Å²) in [6.07, 6.45) is 1.68. The summed E-state index contributed by atoms with van der Waals surface area (Å²) in [6.45, 7) is 0. The molecule has 0 spiro atoms. The van der Waals surface area contributed by atoms with Crippen LogP contribution in [-0.4, -0.2) is 29.3 Å². The summed E-state index contributed by atoms with van der Waals surface area (Å²) in [4.78, 5) is 8.08. The Morgan fingerprint density at radius 3 is 2.72 bits per heavy atom. The van der Waals surface area contributed by atoms with Crippen LogP contribution >= 0.6 is 11.6 Å². The van der Waals surface area contributed by atoms with Crippen molar-refractivity contribution in [3.05, 3.63) is 35.0 Å². The third kappa shape index (κ3) is 2.25. The zero-order chi connectivity index (χ0) is 13.1. The first-order valence-corrected chi connectivity index (χ1v) is 5.41. The summed E-state index contributed by atoms with van der Waals surface area (Å²) >= 11 is 5.80. The average Bonchev–Trinajstić information content (AvgIpc) is 2.83. The molecule has 18 heavy (non-hydrogen) atoms. The van der Waals surface area contributed by atoms with Gasteiger partial charge in [0.25, 0.3) is 0 Å². The molecule has 0 fully saturated rings. The van der Waals surface area contributed by atoms with Crippen molar-refractivity contribution in [1.29, 1.82) is 0 Å². The van der Waals surface area contributed by atoms with Crippen molar-refractivity contribution in [1.82, 2.24) is 9.97 Å². The lowest BCUT2D eigenvalue weighted by molar-refractivity contribution is 0.206. The van der Waals surface area contributed by atoms with Crippen LogP contribution in [0.1, 0.15) is 17.4 Å². The fraction of sp³-hybridized carbons (Fsp3) is 0.273. The first-order chi connectivity index (χ1) is 8.67. The number of aliphatic hydroxyl groups excluding tert-OH is 1. The fourth-order valence-electron chi connectivity index (χ4n) is 1.45. The van der Waals surface area contributed by atoms with E-state index in [0.29, 0.717) is 11.4 Å². The third-order valence-corrected chi connectivity index (χ3v) is 2.65. The smallest absolute Gasteiger partial charge is 0.241 e. The van der Waals surface area contributed by atoms with Gasteiger partial charge in [-0.15, -0.1) is 0 Å². The topological polar surface area (TPSA) is 77.6 Å². The molecule has 2 aromatic heterocycles. The van der Waals surface area contributed by atoms with E-state index in [1.165, 1.54) is 26.7 Å². The van der Waals surface area contributed by atoms with Gasteiger partial charge in [-0.3, -0.25) is 0 Å². The van der Waals surface area contributed by atoms with Gasteiger partial charge < -0.3 is 19.0 Å². The van der Waals surface area contributed by atoms with Gasteiger partial charge in [-0.2, -0.15) is 4.98 Å². The Morgan fingerprint density at radius 1 is 1.39 bits per heavy atom. The van der Waals surface area contributed by atoms with Crippen LogP contribution in [0.5, 0.6) is 11.8 Å². The molecule has 0 radical (unpaired) electrons. The molecule has 2 heterocycles. The second-order valence-corrected chi connectivity index (χ2v) is 3.70. The number of nitrogens with zero attached hydrogens (tertiary/aromatic N) is 2. The van der Waals surface area contributed by atoms with Crippen LogP contribution in [0.2, 0.25) is 5.22 Å². The first-order valence-electron chi connectivity index (χ1n) is 5.03. The van der Waals surface area contributed by atoms with Gasteiger partial charge in [0.2, 0.25) is 11.8 Å². The van der Waals surface area contributed by atoms with Crippen molar-refractivity contribution < 1.29 is 19.0 Å². The Kier molecular flexibility index (Phi) is 3.69. The second-order valence-electron chi connectivity index (χ2n) is 3.36. The number of ether oxygens (including phenoxy) is 2. The normalized spacial score (nSPS) is 12.2. The Labute approximate surface area is 108 Å². The lowest BCUT2D eigenvalue weighted by atomic mass is 10.1. The number of furan rings is 1. The Balaban J connectivity index is 2.41. The number of hydrogen-bond donors (Lipinski definition) is 1. The van der Waals surface area contributed by atoms with Gasteiger partial charge in [0.1, 0.15) is 11.8 Å². The number of aromatic nitrogens is 2. The molecule has 0 amide bonds.